The maximum atomic E-state index is 12.8. The fourth-order valence-electron chi connectivity index (χ4n) is 2.57. The van der Waals surface area contributed by atoms with Gasteiger partial charge in [0, 0.05) is 17.8 Å². The van der Waals surface area contributed by atoms with Crippen molar-refractivity contribution in [2.75, 3.05) is 5.32 Å². The number of nitro groups is 1. The third-order valence-corrected chi connectivity index (χ3v) is 5.46. The van der Waals surface area contributed by atoms with Crippen LogP contribution in [-0.2, 0) is 9.59 Å². The molecule has 2 aromatic carbocycles. The number of thioether (sulfide) groups is 1. The first-order valence-electron chi connectivity index (χ1n) is 8.37. The van der Waals surface area contributed by atoms with Crippen molar-refractivity contribution in [2.24, 2.45) is 0 Å². The summed E-state index contributed by atoms with van der Waals surface area (Å²) in [5, 5.41) is 22.7. The Labute approximate surface area is 175 Å². The first-order valence-corrected chi connectivity index (χ1v) is 9.60. The lowest BCUT2D eigenvalue weighted by Crippen LogP contribution is -2.44. The Morgan fingerprint density at radius 2 is 1.86 bits per heavy atom. The Morgan fingerprint density at radius 3 is 2.45 bits per heavy atom. The number of nitrogens with zero attached hydrogens (tertiary/aromatic N) is 2. The molecule has 1 atom stereocenters. The second kappa shape index (κ2) is 8.41. The van der Waals surface area contributed by atoms with E-state index >= 15 is 0 Å². The highest BCUT2D eigenvalue weighted by atomic mass is 32.2. The molecule has 10 heteroatoms. The van der Waals surface area contributed by atoms with E-state index in [2.05, 4.69) is 5.32 Å². The average molecular weight is 429 g/mol. The van der Waals surface area contributed by atoms with Crippen molar-refractivity contribution in [1.82, 2.24) is 4.90 Å². The molecule has 0 spiro atoms. The van der Waals surface area contributed by atoms with Crippen LogP contribution >= 0.6 is 24.0 Å². The van der Waals surface area contributed by atoms with Gasteiger partial charge in [-0.3, -0.25) is 24.6 Å². The number of phenolic OH excluding ortho intramolecular Hbond substituents is 1. The summed E-state index contributed by atoms with van der Waals surface area (Å²) in [4.78, 5) is 37.1. The summed E-state index contributed by atoms with van der Waals surface area (Å²) in [5.74, 6) is -0.764. The SMILES string of the molecule is CC(C(=O)Nc1ccc(O)cc1)N1C(=O)/C(=C/c2ccc([N+](=O)[O-])cc2)SC1=S. The molecule has 148 valence electrons. The number of nitro benzene ring substituents is 1. The molecular formula is C19H15N3O5S2. The summed E-state index contributed by atoms with van der Waals surface area (Å²) in [6.45, 7) is 1.56. The molecule has 1 saturated heterocycles. The van der Waals surface area contributed by atoms with E-state index in [1.165, 1.54) is 41.3 Å². The van der Waals surface area contributed by atoms with Crippen molar-refractivity contribution in [3.8, 4) is 5.75 Å². The second-order valence-electron chi connectivity index (χ2n) is 6.11. The fraction of sp³-hybridized carbons (Fsp3) is 0.105. The maximum absolute atomic E-state index is 12.8. The molecule has 1 fully saturated rings. The lowest BCUT2D eigenvalue weighted by molar-refractivity contribution is -0.384. The van der Waals surface area contributed by atoms with Crippen molar-refractivity contribution in [3.63, 3.8) is 0 Å². The van der Waals surface area contributed by atoms with E-state index in [4.69, 9.17) is 12.2 Å². The number of benzene rings is 2. The molecule has 2 aromatic rings. The molecule has 0 saturated carbocycles. The summed E-state index contributed by atoms with van der Waals surface area (Å²) >= 11 is 6.33. The number of rotatable bonds is 5. The fourth-order valence-corrected chi connectivity index (χ4v) is 3.98. The Kier molecular flexibility index (Phi) is 5.95. The average Bonchev–Trinajstić information content (AvgIpc) is 2.96. The van der Waals surface area contributed by atoms with E-state index in [0.29, 0.717) is 16.2 Å². The zero-order valence-corrected chi connectivity index (χ0v) is 16.7. The third-order valence-electron chi connectivity index (χ3n) is 4.13. The van der Waals surface area contributed by atoms with Crippen LogP contribution in [0.4, 0.5) is 11.4 Å². The number of hydrogen-bond acceptors (Lipinski definition) is 7. The number of hydrogen-bond donors (Lipinski definition) is 2. The first-order chi connectivity index (χ1) is 13.8. The van der Waals surface area contributed by atoms with Crippen molar-refractivity contribution >= 4 is 57.6 Å². The van der Waals surface area contributed by atoms with Crippen molar-refractivity contribution < 1.29 is 19.6 Å². The quantitative estimate of drug-likeness (QED) is 0.246. The van der Waals surface area contributed by atoms with E-state index < -0.39 is 22.8 Å². The summed E-state index contributed by atoms with van der Waals surface area (Å²) < 4.78 is 0.247. The lowest BCUT2D eigenvalue weighted by Gasteiger charge is -2.22. The molecule has 8 nitrogen and oxygen atoms in total. The number of carbonyl (C=O) groups is 2. The molecule has 0 radical (unpaired) electrons. The molecule has 2 amide bonds. The van der Waals surface area contributed by atoms with Gasteiger partial charge in [0.1, 0.15) is 16.1 Å². The normalized spacial score (nSPS) is 16.2. The van der Waals surface area contributed by atoms with Gasteiger partial charge in [0.25, 0.3) is 11.6 Å². The number of phenols is 1. The Morgan fingerprint density at radius 1 is 1.24 bits per heavy atom. The number of nitrogens with one attached hydrogen (secondary N) is 1. The summed E-state index contributed by atoms with van der Waals surface area (Å²) in [7, 11) is 0. The van der Waals surface area contributed by atoms with Crippen LogP contribution in [0.3, 0.4) is 0 Å². The molecule has 1 aliphatic rings. The predicted octanol–water partition coefficient (Wildman–Crippen LogP) is 3.53. The van der Waals surface area contributed by atoms with Crippen molar-refractivity contribution in [1.29, 1.82) is 0 Å². The number of thiocarbonyl (C=S) groups is 1. The standard InChI is InChI=1S/C19H15N3O5S2/c1-11(17(24)20-13-4-8-15(23)9-5-13)21-18(25)16(29-19(21)28)10-12-2-6-14(7-3-12)22(26)27/h2-11,23H,1H3,(H,20,24)/b16-10-. The van der Waals surface area contributed by atoms with E-state index in [1.54, 1.807) is 25.1 Å². The maximum Gasteiger partial charge on any atom is 0.269 e. The third kappa shape index (κ3) is 4.61. The van der Waals surface area contributed by atoms with Gasteiger partial charge in [0.15, 0.2) is 0 Å². The van der Waals surface area contributed by atoms with Crippen LogP contribution in [0.15, 0.2) is 53.4 Å². The number of amides is 2. The molecule has 1 aliphatic heterocycles. The zero-order valence-electron chi connectivity index (χ0n) is 15.1. The van der Waals surface area contributed by atoms with E-state index in [0.717, 1.165) is 11.8 Å². The predicted molar refractivity (Wildman–Crippen MR) is 114 cm³/mol. The molecule has 0 bridgehead atoms. The van der Waals surface area contributed by atoms with Crippen molar-refractivity contribution in [2.45, 2.75) is 13.0 Å². The summed E-state index contributed by atoms with van der Waals surface area (Å²) in [6, 6.07) is 10.9. The van der Waals surface area contributed by atoms with Crippen LogP contribution in [0.2, 0.25) is 0 Å². The highest BCUT2D eigenvalue weighted by molar-refractivity contribution is 8.26. The Hall–Kier alpha value is -3.24. The zero-order chi connectivity index (χ0) is 21.1. The lowest BCUT2D eigenvalue weighted by atomic mass is 10.2. The minimum atomic E-state index is -0.848. The van der Waals surface area contributed by atoms with Crippen LogP contribution < -0.4 is 5.32 Å². The minimum Gasteiger partial charge on any atom is -0.508 e. The van der Waals surface area contributed by atoms with Crippen LogP contribution in [0.5, 0.6) is 5.75 Å². The van der Waals surface area contributed by atoms with Crippen LogP contribution in [0.25, 0.3) is 6.08 Å². The van der Waals surface area contributed by atoms with E-state index in [-0.39, 0.29) is 15.8 Å². The van der Waals surface area contributed by atoms with E-state index in [1.807, 2.05) is 0 Å². The van der Waals surface area contributed by atoms with Gasteiger partial charge in [-0.15, -0.1) is 0 Å². The van der Waals surface area contributed by atoms with Gasteiger partial charge in [0.05, 0.1) is 9.83 Å². The first kappa shape index (κ1) is 20.5. The smallest absolute Gasteiger partial charge is 0.269 e. The van der Waals surface area contributed by atoms with Gasteiger partial charge in [-0.1, -0.05) is 24.0 Å². The molecule has 1 heterocycles. The Balaban J connectivity index is 1.74. The second-order valence-corrected chi connectivity index (χ2v) is 7.79. The van der Waals surface area contributed by atoms with Gasteiger partial charge in [-0.25, -0.2) is 0 Å². The monoisotopic (exact) mass is 429 g/mol. The largest absolute Gasteiger partial charge is 0.508 e. The minimum absolute atomic E-state index is 0.0470. The van der Waals surface area contributed by atoms with Gasteiger partial charge in [0.2, 0.25) is 5.91 Å². The number of anilines is 1. The molecule has 2 N–H and O–H groups in total. The molecule has 3 rings (SSSR count). The highest BCUT2D eigenvalue weighted by Gasteiger charge is 2.38. The van der Waals surface area contributed by atoms with E-state index in [9.17, 15) is 24.8 Å². The van der Waals surface area contributed by atoms with Gasteiger partial charge in [-0.05, 0) is 55.0 Å². The topological polar surface area (TPSA) is 113 Å². The number of non-ortho nitro benzene ring substituents is 1. The molecule has 29 heavy (non-hydrogen) atoms. The summed E-state index contributed by atoms with van der Waals surface area (Å²) in [5.41, 5.74) is 1.04. The van der Waals surface area contributed by atoms with Gasteiger partial charge >= 0.3 is 0 Å². The highest BCUT2D eigenvalue weighted by Crippen LogP contribution is 2.34. The molecule has 0 aromatic heterocycles. The van der Waals surface area contributed by atoms with Gasteiger partial charge < -0.3 is 10.4 Å². The molecule has 0 aliphatic carbocycles. The molecule has 1 unspecified atom stereocenters. The van der Waals surface area contributed by atoms with Crippen molar-refractivity contribution in [3.05, 3.63) is 69.1 Å². The van der Waals surface area contributed by atoms with Crippen LogP contribution in [0, 0.1) is 10.1 Å². The molecular weight excluding hydrogens is 414 g/mol. The van der Waals surface area contributed by atoms with Gasteiger partial charge in [-0.2, -0.15) is 0 Å². The summed E-state index contributed by atoms with van der Waals surface area (Å²) in [6.07, 6.45) is 1.58. The van der Waals surface area contributed by atoms with Crippen LogP contribution in [-0.4, -0.2) is 37.1 Å². The Bertz CT molecular complexity index is 1020. The number of carbonyl (C=O) groups excluding carboxylic acids is 2. The number of aromatic hydroxyl groups is 1. The van der Waals surface area contributed by atoms with Crippen LogP contribution in [0.1, 0.15) is 12.5 Å².